The maximum absolute atomic E-state index is 12.3. The number of fused-ring (bicyclic) bond motifs is 1. The number of Topliss-reactive ketones (excluding diaryl/α,β-unsaturated/α-hetero) is 1. The van der Waals surface area contributed by atoms with E-state index in [1.165, 1.54) is 6.26 Å². The van der Waals surface area contributed by atoms with Gasteiger partial charge in [0, 0.05) is 30.8 Å². The van der Waals surface area contributed by atoms with Crippen molar-refractivity contribution in [2.75, 3.05) is 13.1 Å². The van der Waals surface area contributed by atoms with Gasteiger partial charge < -0.3 is 20.0 Å². The SMILES string of the molecule is Cc1c(C(=O)NCCNC(=O)c2ccco2)[nH]c2c1C(=O)CCC2. The Bertz CT molecular complexity index is 774. The number of hydrogen-bond donors (Lipinski definition) is 3. The lowest BCUT2D eigenvalue weighted by atomic mass is 9.94. The fourth-order valence-electron chi connectivity index (χ4n) is 2.94. The standard InChI is InChI=1S/C17H19N3O4/c1-10-14-11(4-2-5-12(14)21)20-15(10)17(23)19-8-7-18-16(22)13-6-3-9-24-13/h3,6,9,20H,2,4-5,7-8H2,1H3,(H,18,22)(H,19,23). The van der Waals surface area contributed by atoms with Crippen LogP contribution in [0.4, 0.5) is 0 Å². The lowest BCUT2D eigenvalue weighted by Gasteiger charge is -2.09. The number of carbonyl (C=O) groups is 3. The third-order valence-corrected chi connectivity index (χ3v) is 4.11. The molecule has 0 radical (unpaired) electrons. The highest BCUT2D eigenvalue weighted by Crippen LogP contribution is 2.26. The topological polar surface area (TPSA) is 104 Å². The summed E-state index contributed by atoms with van der Waals surface area (Å²) < 4.78 is 4.98. The van der Waals surface area contributed by atoms with E-state index in [9.17, 15) is 14.4 Å². The normalized spacial score (nSPS) is 13.5. The number of rotatable bonds is 5. The number of ketones is 1. The molecule has 3 N–H and O–H groups in total. The van der Waals surface area contributed by atoms with Crippen LogP contribution in [0.3, 0.4) is 0 Å². The van der Waals surface area contributed by atoms with Crippen LogP contribution in [0.1, 0.15) is 55.5 Å². The van der Waals surface area contributed by atoms with Crippen LogP contribution >= 0.6 is 0 Å². The van der Waals surface area contributed by atoms with Crippen LogP contribution in [0.15, 0.2) is 22.8 Å². The Balaban J connectivity index is 1.54. The van der Waals surface area contributed by atoms with Gasteiger partial charge in [0.05, 0.1) is 6.26 Å². The number of H-pyrrole nitrogens is 1. The zero-order valence-electron chi connectivity index (χ0n) is 13.4. The van der Waals surface area contributed by atoms with E-state index < -0.39 is 0 Å². The van der Waals surface area contributed by atoms with Gasteiger partial charge in [0.25, 0.3) is 11.8 Å². The molecule has 0 aromatic carbocycles. The van der Waals surface area contributed by atoms with Crippen molar-refractivity contribution >= 4 is 17.6 Å². The molecule has 7 heteroatoms. The molecule has 2 aromatic heterocycles. The van der Waals surface area contributed by atoms with Crippen molar-refractivity contribution in [3.05, 3.63) is 46.7 Å². The fourth-order valence-corrected chi connectivity index (χ4v) is 2.94. The first-order chi connectivity index (χ1) is 11.6. The molecule has 0 atom stereocenters. The molecule has 3 rings (SSSR count). The van der Waals surface area contributed by atoms with Gasteiger partial charge in [-0.15, -0.1) is 0 Å². The average molecular weight is 329 g/mol. The van der Waals surface area contributed by atoms with E-state index in [0.717, 1.165) is 18.5 Å². The van der Waals surface area contributed by atoms with E-state index in [-0.39, 0.29) is 36.4 Å². The van der Waals surface area contributed by atoms with Gasteiger partial charge in [-0.25, -0.2) is 0 Å². The van der Waals surface area contributed by atoms with Crippen molar-refractivity contribution in [2.45, 2.75) is 26.2 Å². The summed E-state index contributed by atoms with van der Waals surface area (Å²) in [7, 11) is 0. The lowest BCUT2D eigenvalue weighted by Crippen LogP contribution is -2.35. The molecule has 0 fully saturated rings. The van der Waals surface area contributed by atoms with Gasteiger partial charge >= 0.3 is 0 Å². The minimum absolute atomic E-state index is 0.0924. The van der Waals surface area contributed by atoms with Crippen LogP contribution in [0.25, 0.3) is 0 Å². The van der Waals surface area contributed by atoms with Crippen LogP contribution in [0.5, 0.6) is 0 Å². The van der Waals surface area contributed by atoms with Gasteiger partial charge in [-0.2, -0.15) is 0 Å². The molecule has 0 aliphatic heterocycles. The van der Waals surface area contributed by atoms with Gasteiger partial charge in [-0.1, -0.05) is 0 Å². The Kier molecular flexibility index (Phi) is 4.50. The summed E-state index contributed by atoms with van der Waals surface area (Å²) in [5.41, 5.74) is 2.64. The Morgan fingerprint density at radius 1 is 1.21 bits per heavy atom. The van der Waals surface area contributed by atoms with Crippen LogP contribution in [-0.4, -0.2) is 35.7 Å². The second kappa shape index (κ2) is 6.74. The third kappa shape index (κ3) is 3.10. The molecule has 2 heterocycles. The molecule has 0 unspecified atom stereocenters. The second-order valence-corrected chi connectivity index (χ2v) is 5.74. The van der Waals surface area contributed by atoms with Gasteiger partial charge in [0.15, 0.2) is 11.5 Å². The van der Waals surface area contributed by atoms with Gasteiger partial charge in [-0.05, 0) is 37.5 Å². The molecule has 0 saturated carbocycles. The number of carbonyl (C=O) groups excluding carboxylic acids is 3. The average Bonchev–Trinajstić information content (AvgIpc) is 3.20. The van der Waals surface area contributed by atoms with Crippen molar-refractivity contribution in [1.29, 1.82) is 0 Å². The number of hydrogen-bond acceptors (Lipinski definition) is 4. The highest BCUT2D eigenvalue weighted by atomic mass is 16.3. The lowest BCUT2D eigenvalue weighted by molar-refractivity contribution is 0.0909. The number of aromatic nitrogens is 1. The molecule has 7 nitrogen and oxygen atoms in total. The number of furan rings is 1. The molecule has 0 saturated heterocycles. The van der Waals surface area contributed by atoms with Crippen LogP contribution in [0.2, 0.25) is 0 Å². The minimum Gasteiger partial charge on any atom is -0.459 e. The summed E-state index contributed by atoms with van der Waals surface area (Å²) in [5, 5.41) is 5.39. The number of aromatic amines is 1. The summed E-state index contributed by atoms with van der Waals surface area (Å²) in [4.78, 5) is 39.0. The van der Waals surface area contributed by atoms with E-state index in [2.05, 4.69) is 15.6 Å². The molecule has 0 spiro atoms. The molecular formula is C17H19N3O4. The fraction of sp³-hybridized carbons (Fsp3) is 0.353. The molecule has 24 heavy (non-hydrogen) atoms. The summed E-state index contributed by atoms with van der Waals surface area (Å²) >= 11 is 0. The summed E-state index contributed by atoms with van der Waals surface area (Å²) in [6.07, 6.45) is 3.55. The molecule has 0 bridgehead atoms. The summed E-state index contributed by atoms with van der Waals surface area (Å²) in [5.74, 6) is -0.282. The quantitative estimate of drug-likeness (QED) is 0.725. The van der Waals surface area contributed by atoms with Crippen molar-refractivity contribution in [3.8, 4) is 0 Å². The molecule has 1 aliphatic rings. The maximum atomic E-state index is 12.3. The number of nitrogens with one attached hydrogen (secondary N) is 3. The first-order valence-corrected chi connectivity index (χ1v) is 7.92. The van der Waals surface area contributed by atoms with Gasteiger partial charge in [-0.3, -0.25) is 14.4 Å². The smallest absolute Gasteiger partial charge is 0.287 e. The first kappa shape index (κ1) is 16.0. The number of aryl methyl sites for hydroxylation is 1. The summed E-state index contributed by atoms with van der Waals surface area (Å²) in [6, 6.07) is 3.20. The minimum atomic E-state index is -0.327. The van der Waals surface area contributed by atoms with Crippen LogP contribution in [0, 0.1) is 6.92 Å². The molecule has 1 aliphatic carbocycles. The van der Waals surface area contributed by atoms with E-state index >= 15 is 0 Å². The summed E-state index contributed by atoms with van der Waals surface area (Å²) in [6.45, 7) is 2.35. The Morgan fingerprint density at radius 2 is 1.96 bits per heavy atom. The zero-order chi connectivity index (χ0) is 17.1. The third-order valence-electron chi connectivity index (χ3n) is 4.11. The van der Waals surface area contributed by atoms with E-state index in [1.54, 1.807) is 19.1 Å². The van der Waals surface area contributed by atoms with Crippen molar-refractivity contribution in [3.63, 3.8) is 0 Å². The van der Waals surface area contributed by atoms with Crippen LogP contribution < -0.4 is 10.6 Å². The Labute approximate surface area is 138 Å². The van der Waals surface area contributed by atoms with Gasteiger partial charge in [0.2, 0.25) is 0 Å². The number of amides is 2. The predicted octanol–water partition coefficient (Wildman–Crippen LogP) is 1.59. The van der Waals surface area contributed by atoms with Crippen molar-refractivity contribution in [2.24, 2.45) is 0 Å². The van der Waals surface area contributed by atoms with E-state index in [4.69, 9.17) is 4.42 Å². The van der Waals surface area contributed by atoms with Crippen molar-refractivity contribution < 1.29 is 18.8 Å². The zero-order valence-corrected chi connectivity index (χ0v) is 13.4. The van der Waals surface area contributed by atoms with Crippen LogP contribution in [-0.2, 0) is 6.42 Å². The molecule has 2 amide bonds. The monoisotopic (exact) mass is 329 g/mol. The Hall–Kier alpha value is -2.83. The van der Waals surface area contributed by atoms with Gasteiger partial charge in [0.1, 0.15) is 5.69 Å². The predicted molar refractivity (Wildman–Crippen MR) is 86.2 cm³/mol. The molecule has 2 aromatic rings. The first-order valence-electron chi connectivity index (χ1n) is 7.92. The largest absolute Gasteiger partial charge is 0.459 e. The van der Waals surface area contributed by atoms with E-state index in [0.29, 0.717) is 23.2 Å². The highest BCUT2D eigenvalue weighted by Gasteiger charge is 2.26. The van der Waals surface area contributed by atoms with Crippen molar-refractivity contribution in [1.82, 2.24) is 15.6 Å². The molecular weight excluding hydrogens is 310 g/mol. The Morgan fingerprint density at radius 3 is 2.62 bits per heavy atom. The maximum Gasteiger partial charge on any atom is 0.287 e. The van der Waals surface area contributed by atoms with E-state index in [1.807, 2.05) is 0 Å². The molecule has 126 valence electrons. The highest BCUT2D eigenvalue weighted by molar-refractivity contribution is 6.04. The second-order valence-electron chi connectivity index (χ2n) is 5.74.